The van der Waals surface area contributed by atoms with Crippen LogP contribution in [0.3, 0.4) is 0 Å². The first kappa shape index (κ1) is 13.1. The van der Waals surface area contributed by atoms with Crippen LogP contribution < -0.4 is 15.0 Å². The standard InChI is InChI=1S/C16H21NSSi/c1-19(2,16-8-5-11-18-16)15-7-4-3-6-13(15)12-17-14-9-10-14/h3-8,11,14,17H,9-10,12H2,1-2H3. The smallest absolute Gasteiger partial charge is 0.125 e. The molecule has 0 bridgehead atoms. The van der Waals surface area contributed by atoms with Crippen molar-refractivity contribution in [3.05, 3.63) is 47.3 Å². The highest BCUT2D eigenvalue weighted by Crippen LogP contribution is 2.19. The molecule has 0 aliphatic heterocycles. The number of hydrogen-bond donors (Lipinski definition) is 1. The van der Waals surface area contributed by atoms with Gasteiger partial charge in [-0.2, -0.15) is 11.3 Å². The van der Waals surface area contributed by atoms with Crippen LogP contribution in [0.1, 0.15) is 18.4 Å². The highest BCUT2D eigenvalue weighted by molar-refractivity contribution is 7.28. The molecule has 0 unspecified atom stereocenters. The monoisotopic (exact) mass is 287 g/mol. The Morgan fingerprint density at radius 3 is 2.63 bits per heavy atom. The van der Waals surface area contributed by atoms with Crippen molar-refractivity contribution >= 4 is 29.1 Å². The maximum Gasteiger partial charge on any atom is 0.125 e. The van der Waals surface area contributed by atoms with E-state index in [1.807, 2.05) is 11.3 Å². The Kier molecular flexibility index (Phi) is 3.61. The maximum atomic E-state index is 3.66. The summed E-state index contributed by atoms with van der Waals surface area (Å²) in [6, 6.07) is 14.3. The Labute approximate surface area is 120 Å². The zero-order valence-electron chi connectivity index (χ0n) is 11.6. The summed E-state index contributed by atoms with van der Waals surface area (Å²) in [5, 5.41) is 7.45. The van der Waals surface area contributed by atoms with Crippen LogP contribution in [-0.2, 0) is 6.54 Å². The van der Waals surface area contributed by atoms with E-state index in [2.05, 4.69) is 60.2 Å². The summed E-state index contributed by atoms with van der Waals surface area (Å²) in [4.78, 5) is 0. The molecule has 0 radical (unpaired) electrons. The predicted octanol–water partition coefficient (Wildman–Crippen LogP) is 2.82. The first-order valence-electron chi connectivity index (χ1n) is 7.03. The summed E-state index contributed by atoms with van der Waals surface area (Å²) in [6.45, 7) is 5.96. The minimum atomic E-state index is -1.52. The van der Waals surface area contributed by atoms with Crippen LogP contribution >= 0.6 is 11.3 Å². The number of hydrogen-bond acceptors (Lipinski definition) is 2. The molecule has 0 saturated heterocycles. The van der Waals surface area contributed by atoms with Gasteiger partial charge in [-0.1, -0.05) is 49.5 Å². The first-order chi connectivity index (χ1) is 9.18. The average molecular weight is 288 g/mol. The number of rotatable bonds is 5. The summed E-state index contributed by atoms with van der Waals surface area (Å²) in [6.07, 6.45) is 2.71. The topological polar surface area (TPSA) is 12.0 Å². The van der Waals surface area contributed by atoms with E-state index in [0.717, 1.165) is 12.6 Å². The van der Waals surface area contributed by atoms with Crippen LogP contribution in [0.2, 0.25) is 13.1 Å². The van der Waals surface area contributed by atoms with Gasteiger partial charge >= 0.3 is 0 Å². The lowest BCUT2D eigenvalue weighted by Gasteiger charge is -2.25. The predicted molar refractivity (Wildman–Crippen MR) is 87.4 cm³/mol. The summed E-state index contributed by atoms with van der Waals surface area (Å²) in [7, 11) is -1.52. The Balaban J connectivity index is 1.90. The fraction of sp³-hybridized carbons (Fsp3) is 0.375. The Bertz CT molecular complexity index is 544. The number of nitrogens with one attached hydrogen (secondary N) is 1. The van der Waals surface area contributed by atoms with Crippen molar-refractivity contribution < 1.29 is 0 Å². The first-order valence-corrected chi connectivity index (χ1v) is 10.9. The summed E-state index contributed by atoms with van der Waals surface area (Å²) in [5.41, 5.74) is 1.50. The van der Waals surface area contributed by atoms with Crippen LogP contribution in [0.4, 0.5) is 0 Å². The van der Waals surface area contributed by atoms with Crippen LogP contribution in [0.5, 0.6) is 0 Å². The van der Waals surface area contributed by atoms with Gasteiger partial charge in [0.05, 0.1) is 0 Å². The lowest BCUT2D eigenvalue weighted by Crippen LogP contribution is -2.53. The van der Waals surface area contributed by atoms with Gasteiger partial charge in [0, 0.05) is 12.6 Å². The van der Waals surface area contributed by atoms with Crippen molar-refractivity contribution in [1.29, 1.82) is 0 Å². The second-order valence-electron chi connectivity index (χ2n) is 5.91. The van der Waals surface area contributed by atoms with Gasteiger partial charge in [-0.25, -0.2) is 0 Å². The molecular formula is C16H21NSSi. The quantitative estimate of drug-likeness (QED) is 0.834. The Morgan fingerprint density at radius 1 is 1.16 bits per heavy atom. The van der Waals surface area contributed by atoms with Gasteiger partial charge in [-0.05, 0) is 33.5 Å². The highest BCUT2D eigenvalue weighted by atomic mass is 32.1. The second-order valence-corrected chi connectivity index (χ2v) is 11.6. The van der Waals surface area contributed by atoms with E-state index < -0.39 is 8.07 Å². The van der Waals surface area contributed by atoms with Gasteiger partial charge < -0.3 is 5.32 Å². The van der Waals surface area contributed by atoms with Crippen molar-refractivity contribution in [2.45, 2.75) is 38.5 Å². The van der Waals surface area contributed by atoms with Crippen molar-refractivity contribution in [3.63, 3.8) is 0 Å². The molecule has 1 saturated carbocycles. The van der Waals surface area contributed by atoms with Crippen LogP contribution in [0.15, 0.2) is 41.8 Å². The molecule has 1 heterocycles. The zero-order chi connectivity index (χ0) is 13.3. The maximum absolute atomic E-state index is 3.66. The molecule has 1 N–H and O–H groups in total. The van der Waals surface area contributed by atoms with E-state index in [0.29, 0.717) is 0 Å². The van der Waals surface area contributed by atoms with Gasteiger partial charge in [0.2, 0.25) is 0 Å². The summed E-state index contributed by atoms with van der Waals surface area (Å²) in [5.74, 6) is 0. The largest absolute Gasteiger partial charge is 0.310 e. The lowest BCUT2D eigenvalue weighted by molar-refractivity contribution is 0.690. The molecule has 1 aliphatic carbocycles. The molecule has 1 aliphatic rings. The molecule has 1 aromatic heterocycles. The van der Waals surface area contributed by atoms with Crippen molar-refractivity contribution in [1.82, 2.24) is 5.32 Å². The molecule has 1 aromatic carbocycles. The average Bonchev–Trinajstić information content (AvgIpc) is 3.07. The van der Waals surface area contributed by atoms with Gasteiger partial charge in [0.1, 0.15) is 8.07 Å². The molecule has 3 rings (SSSR count). The third kappa shape index (κ3) is 2.83. The van der Waals surface area contributed by atoms with Gasteiger partial charge in [0.25, 0.3) is 0 Å². The summed E-state index contributed by atoms with van der Waals surface area (Å²) >= 11 is 1.91. The third-order valence-electron chi connectivity index (χ3n) is 3.99. The van der Waals surface area contributed by atoms with Crippen molar-refractivity contribution in [3.8, 4) is 0 Å². The Morgan fingerprint density at radius 2 is 1.95 bits per heavy atom. The van der Waals surface area contributed by atoms with E-state index in [-0.39, 0.29) is 0 Å². The van der Waals surface area contributed by atoms with Gasteiger partial charge in [0.15, 0.2) is 0 Å². The van der Waals surface area contributed by atoms with E-state index in [1.54, 1.807) is 9.69 Å². The van der Waals surface area contributed by atoms with E-state index >= 15 is 0 Å². The summed E-state index contributed by atoms with van der Waals surface area (Å²) < 4.78 is 1.58. The minimum absolute atomic E-state index is 0.777. The van der Waals surface area contributed by atoms with Crippen LogP contribution in [0, 0.1) is 0 Å². The van der Waals surface area contributed by atoms with Crippen LogP contribution in [-0.4, -0.2) is 14.1 Å². The molecule has 2 aromatic rings. The second kappa shape index (κ2) is 5.23. The van der Waals surface area contributed by atoms with Gasteiger partial charge in [-0.15, -0.1) is 0 Å². The Hall–Kier alpha value is -0.903. The fourth-order valence-electron chi connectivity index (χ4n) is 2.59. The minimum Gasteiger partial charge on any atom is -0.310 e. The lowest BCUT2D eigenvalue weighted by atomic mass is 10.2. The van der Waals surface area contributed by atoms with Crippen LogP contribution in [0.25, 0.3) is 0 Å². The molecule has 100 valence electrons. The molecule has 19 heavy (non-hydrogen) atoms. The molecule has 0 spiro atoms. The van der Waals surface area contributed by atoms with Gasteiger partial charge in [-0.3, -0.25) is 0 Å². The highest BCUT2D eigenvalue weighted by Gasteiger charge is 2.29. The number of thiophene rings is 1. The van der Waals surface area contributed by atoms with E-state index in [9.17, 15) is 0 Å². The SMILES string of the molecule is C[Si](C)(c1cccs1)c1ccccc1CNC1CC1. The van der Waals surface area contributed by atoms with Crippen molar-refractivity contribution in [2.24, 2.45) is 0 Å². The van der Waals surface area contributed by atoms with E-state index in [1.165, 1.54) is 18.4 Å². The van der Waals surface area contributed by atoms with E-state index in [4.69, 9.17) is 0 Å². The molecule has 3 heteroatoms. The zero-order valence-corrected chi connectivity index (χ0v) is 13.5. The molecule has 0 atom stereocenters. The third-order valence-corrected chi connectivity index (χ3v) is 9.79. The molecule has 1 fully saturated rings. The molecule has 1 nitrogen and oxygen atoms in total. The molecule has 0 amide bonds. The normalized spacial score (nSPS) is 15.7. The number of benzene rings is 1. The molecular weight excluding hydrogens is 266 g/mol. The fourth-order valence-corrected chi connectivity index (χ4v) is 7.03. The van der Waals surface area contributed by atoms with Crippen molar-refractivity contribution in [2.75, 3.05) is 0 Å².